The average molecular weight is 126 g/mol. The van der Waals surface area contributed by atoms with E-state index in [1.807, 2.05) is 19.1 Å². The molecule has 0 radical (unpaired) electrons. The van der Waals surface area contributed by atoms with Gasteiger partial charge in [-0.15, -0.1) is 0 Å². The first-order valence-electron chi connectivity index (χ1n) is 3.48. The number of carbonyl (C=O) groups excluding carboxylic acids is 1. The van der Waals surface area contributed by atoms with Crippen LogP contribution >= 0.6 is 0 Å². The number of Topliss-reactive ketones (excluding diaryl/α,β-unsaturated/α-hetero) is 1. The molecular formula is C8H14O. The van der Waals surface area contributed by atoms with Gasteiger partial charge in [0.2, 0.25) is 0 Å². The summed E-state index contributed by atoms with van der Waals surface area (Å²) in [5.74, 6) is 0.319. The van der Waals surface area contributed by atoms with Crippen molar-refractivity contribution in [2.75, 3.05) is 0 Å². The van der Waals surface area contributed by atoms with Gasteiger partial charge in [-0.25, -0.2) is 0 Å². The number of ketones is 1. The Morgan fingerprint density at radius 1 is 1.33 bits per heavy atom. The Hall–Kier alpha value is -0.590. The molecule has 1 nitrogen and oxygen atoms in total. The third kappa shape index (κ3) is 5.28. The van der Waals surface area contributed by atoms with Crippen molar-refractivity contribution in [3.05, 3.63) is 12.2 Å². The van der Waals surface area contributed by atoms with Gasteiger partial charge in [0.1, 0.15) is 5.78 Å². The maximum Gasteiger partial charge on any atom is 0.136 e. The van der Waals surface area contributed by atoms with Crippen LogP contribution < -0.4 is 0 Å². The molecule has 0 saturated heterocycles. The number of hydrogen-bond donors (Lipinski definition) is 0. The third-order valence-electron chi connectivity index (χ3n) is 1.14. The first kappa shape index (κ1) is 8.41. The van der Waals surface area contributed by atoms with Crippen LogP contribution in [0.15, 0.2) is 12.2 Å². The van der Waals surface area contributed by atoms with E-state index in [1.54, 1.807) is 0 Å². The molecule has 0 saturated carbocycles. The van der Waals surface area contributed by atoms with Gasteiger partial charge in [-0.1, -0.05) is 26.0 Å². The average Bonchev–Trinajstić information content (AvgIpc) is 1.89. The van der Waals surface area contributed by atoms with Gasteiger partial charge in [-0.05, 0) is 6.42 Å². The Morgan fingerprint density at radius 3 is 2.44 bits per heavy atom. The van der Waals surface area contributed by atoms with Gasteiger partial charge in [-0.2, -0.15) is 0 Å². The predicted molar refractivity (Wildman–Crippen MR) is 39.3 cm³/mol. The van der Waals surface area contributed by atoms with E-state index < -0.39 is 0 Å². The van der Waals surface area contributed by atoms with Gasteiger partial charge >= 0.3 is 0 Å². The van der Waals surface area contributed by atoms with Crippen molar-refractivity contribution < 1.29 is 4.79 Å². The van der Waals surface area contributed by atoms with Crippen LogP contribution in [0.25, 0.3) is 0 Å². The first-order chi connectivity index (χ1) is 4.31. The van der Waals surface area contributed by atoms with Crippen molar-refractivity contribution >= 4 is 5.78 Å². The minimum Gasteiger partial charge on any atom is -0.299 e. The maximum atomic E-state index is 10.6. The Bertz CT molecular complexity index is 103. The zero-order chi connectivity index (χ0) is 7.11. The molecule has 0 aliphatic heterocycles. The molecule has 52 valence electrons. The fraction of sp³-hybridized carbons (Fsp3) is 0.625. The van der Waals surface area contributed by atoms with Crippen LogP contribution in [0.1, 0.15) is 33.1 Å². The molecule has 0 bridgehead atoms. The van der Waals surface area contributed by atoms with Crippen LogP contribution in [0.3, 0.4) is 0 Å². The number of hydrogen-bond acceptors (Lipinski definition) is 1. The monoisotopic (exact) mass is 126 g/mol. The zero-order valence-electron chi connectivity index (χ0n) is 6.18. The lowest BCUT2D eigenvalue weighted by molar-refractivity contribution is -0.117. The topological polar surface area (TPSA) is 17.1 Å². The molecule has 0 aromatic heterocycles. The highest BCUT2D eigenvalue weighted by Crippen LogP contribution is 1.90. The highest BCUT2D eigenvalue weighted by Gasteiger charge is 1.90. The summed E-state index contributed by atoms with van der Waals surface area (Å²) >= 11 is 0. The van der Waals surface area contributed by atoms with E-state index in [4.69, 9.17) is 0 Å². The highest BCUT2D eigenvalue weighted by molar-refractivity contribution is 5.79. The normalized spacial score (nSPS) is 10.4. The second kappa shape index (κ2) is 5.54. The van der Waals surface area contributed by atoms with Crippen molar-refractivity contribution in [2.45, 2.75) is 33.1 Å². The lowest BCUT2D eigenvalue weighted by Gasteiger charge is -1.86. The van der Waals surface area contributed by atoms with Gasteiger partial charge in [0.25, 0.3) is 0 Å². The lowest BCUT2D eigenvalue weighted by Crippen LogP contribution is -1.90. The Labute approximate surface area is 56.8 Å². The quantitative estimate of drug-likeness (QED) is 0.528. The number of allylic oxidation sites excluding steroid dienone is 2. The molecule has 0 amide bonds. The van der Waals surface area contributed by atoms with E-state index in [0.29, 0.717) is 18.6 Å². The van der Waals surface area contributed by atoms with Crippen LogP contribution in [-0.4, -0.2) is 5.78 Å². The van der Waals surface area contributed by atoms with Crippen molar-refractivity contribution in [2.24, 2.45) is 0 Å². The molecule has 0 aromatic rings. The van der Waals surface area contributed by atoms with E-state index in [2.05, 4.69) is 6.92 Å². The van der Waals surface area contributed by atoms with Crippen molar-refractivity contribution in [1.82, 2.24) is 0 Å². The Morgan fingerprint density at radius 2 is 2.00 bits per heavy atom. The van der Waals surface area contributed by atoms with E-state index in [9.17, 15) is 4.79 Å². The van der Waals surface area contributed by atoms with Crippen molar-refractivity contribution in [3.8, 4) is 0 Å². The SMILES string of the molecule is CC/C=C\CC(=O)CC. The molecule has 9 heavy (non-hydrogen) atoms. The summed E-state index contributed by atoms with van der Waals surface area (Å²) in [6, 6.07) is 0. The van der Waals surface area contributed by atoms with E-state index in [-0.39, 0.29) is 0 Å². The predicted octanol–water partition coefficient (Wildman–Crippen LogP) is 2.32. The highest BCUT2D eigenvalue weighted by atomic mass is 16.1. The number of rotatable bonds is 4. The van der Waals surface area contributed by atoms with Gasteiger partial charge in [0, 0.05) is 12.8 Å². The van der Waals surface area contributed by atoms with Gasteiger partial charge < -0.3 is 0 Å². The molecule has 1 heteroatoms. The third-order valence-corrected chi connectivity index (χ3v) is 1.14. The Balaban J connectivity index is 3.26. The van der Waals surface area contributed by atoms with Crippen LogP contribution in [0.4, 0.5) is 0 Å². The molecule has 0 aliphatic carbocycles. The van der Waals surface area contributed by atoms with Gasteiger partial charge in [0.05, 0.1) is 0 Å². The largest absolute Gasteiger partial charge is 0.299 e. The maximum absolute atomic E-state index is 10.6. The first-order valence-corrected chi connectivity index (χ1v) is 3.48. The standard InChI is InChI=1S/C8H14O/c1-3-5-6-7-8(9)4-2/h5-6H,3-4,7H2,1-2H3/b6-5-. The summed E-state index contributed by atoms with van der Waals surface area (Å²) in [6.45, 7) is 3.95. The fourth-order valence-electron chi connectivity index (χ4n) is 0.526. The summed E-state index contributed by atoms with van der Waals surface area (Å²) in [5.41, 5.74) is 0. The van der Waals surface area contributed by atoms with Crippen LogP contribution in [-0.2, 0) is 4.79 Å². The van der Waals surface area contributed by atoms with E-state index >= 15 is 0 Å². The van der Waals surface area contributed by atoms with Crippen molar-refractivity contribution in [3.63, 3.8) is 0 Å². The smallest absolute Gasteiger partial charge is 0.136 e. The summed E-state index contributed by atoms with van der Waals surface area (Å²) < 4.78 is 0. The minimum absolute atomic E-state index is 0.319. The summed E-state index contributed by atoms with van der Waals surface area (Å²) in [4.78, 5) is 10.6. The van der Waals surface area contributed by atoms with E-state index in [0.717, 1.165) is 6.42 Å². The minimum atomic E-state index is 0.319. The summed E-state index contributed by atoms with van der Waals surface area (Å²) in [5, 5.41) is 0. The van der Waals surface area contributed by atoms with Crippen LogP contribution in [0.2, 0.25) is 0 Å². The van der Waals surface area contributed by atoms with Crippen LogP contribution in [0.5, 0.6) is 0 Å². The van der Waals surface area contributed by atoms with Gasteiger partial charge in [0.15, 0.2) is 0 Å². The van der Waals surface area contributed by atoms with Crippen LogP contribution in [0, 0.1) is 0 Å². The van der Waals surface area contributed by atoms with E-state index in [1.165, 1.54) is 0 Å². The molecule has 0 aliphatic rings. The molecular weight excluding hydrogens is 112 g/mol. The molecule has 0 atom stereocenters. The molecule has 0 N–H and O–H groups in total. The summed E-state index contributed by atoms with van der Waals surface area (Å²) in [6.07, 6.45) is 6.26. The second-order valence-corrected chi connectivity index (χ2v) is 1.98. The summed E-state index contributed by atoms with van der Waals surface area (Å²) in [7, 11) is 0. The second-order valence-electron chi connectivity index (χ2n) is 1.98. The Kier molecular flexibility index (Phi) is 5.18. The molecule has 0 fully saturated rings. The fourth-order valence-corrected chi connectivity index (χ4v) is 0.526. The van der Waals surface area contributed by atoms with Gasteiger partial charge in [-0.3, -0.25) is 4.79 Å². The van der Waals surface area contributed by atoms with Crippen molar-refractivity contribution in [1.29, 1.82) is 0 Å². The lowest BCUT2D eigenvalue weighted by atomic mass is 10.2. The molecule has 0 spiro atoms. The molecule has 0 unspecified atom stereocenters. The molecule has 0 heterocycles. The number of carbonyl (C=O) groups is 1. The molecule has 0 rings (SSSR count). The molecule has 0 aromatic carbocycles. The zero-order valence-corrected chi connectivity index (χ0v) is 6.18.